The lowest BCUT2D eigenvalue weighted by Crippen LogP contribution is -1.86. The van der Waals surface area contributed by atoms with Gasteiger partial charge in [-0.1, -0.05) is 36.4 Å². The second-order valence-electron chi connectivity index (χ2n) is 5.72. The van der Waals surface area contributed by atoms with Gasteiger partial charge in [0, 0.05) is 32.1 Å². The van der Waals surface area contributed by atoms with E-state index in [1.165, 1.54) is 0 Å². The largest absolute Gasteiger partial charge is 0.507 e. The molecule has 3 N–H and O–H groups in total. The van der Waals surface area contributed by atoms with E-state index in [1.807, 2.05) is 54.6 Å². The zero-order valence-electron chi connectivity index (χ0n) is 13.2. The zero-order valence-corrected chi connectivity index (χ0v) is 14.1. The van der Waals surface area contributed by atoms with Gasteiger partial charge < -0.3 is 10.8 Å². The summed E-state index contributed by atoms with van der Waals surface area (Å²) in [5, 5.41) is 22.3. The fourth-order valence-electron chi connectivity index (χ4n) is 2.94. The van der Waals surface area contributed by atoms with Gasteiger partial charge in [-0.15, -0.1) is 22.9 Å². The Morgan fingerprint density at radius 2 is 1.36 bits per heavy atom. The van der Waals surface area contributed by atoms with Crippen LogP contribution in [0.4, 0.5) is 17.1 Å². The first kappa shape index (κ1) is 15.5. The Bertz CT molecular complexity index is 1130. The second kappa shape index (κ2) is 6.11. The monoisotopic (exact) mass is 345 g/mol. The fourth-order valence-corrected chi connectivity index (χ4v) is 3.26. The molecule has 0 spiro atoms. The van der Waals surface area contributed by atoms with Crippen LogP contribution in [0.2, 0.25) is 0 Å². The summed E-state index contributed by atoms with van der Waals surface area (Å²) >= 11 is 4.42. The molecule has 0 unspecified atom stereocenters. The first-order valence-electron chi connectivity index (χ1n) is 7.78. The molecule has 4 nitrogen and oxygen atoms in total. The van der Waals surface area contributed by atoms with Crippen molar-refractivity contribution >= 4 is 51.2 Å². The standard InChI is InChI=1S/C20H15N3OS/c21-15-8-9-16(13-5-2-1-4-12(13)15)22-23-17-10-11-18(24)20-14(17)6-3-7-19(20)25/h1-11,24-25H,21H2. The van der Waals surface area contributed by atoms with Crippen LogP contribution in [0.25, 0.3) is 21.5 Å². The third kappa shape index (κ3) is 2.68. The van der Waals surface area contributed by atoms with Crippen LogP contribution in [0.3, 0.4) is 0 Å². The lowest BCUT2D eigenvalue weighted by molar-refractivity contribution is 0.481. The number of aromatic hydroxyl groups is 1. The highest BCUT2D eigenvalue weighted by molar-refractivity contribution is 7.80. The lowest BCUT2D eigenvalue weighted by atomic mass is 10.1. The van der Waals surface area contributed by atoms with Crippen LogP contribution in [-0.2, 0) is 0 Å². The number of benzene rings is 4. The number of nitrogens with zero attached hydrogens (tertiary/aromatic N) is 2. The Hall–Kier alpha value is -3.05. The smallest absolute Gasteiger partial charge is 0.124 e. The Kier molecular flexibility index (Phi) is 3.78. The predicted octanol–water partition coefficient (Wildman–Crippen LogP) is 5.98. The van der Waals surface area contributed by atoms with Crippen molar-refractivity contribution < 1.29 is 5.11 Å². The van der Waals surface area contributed by atoms with Gasteiger partial charge in [-0.2, -0.15) is 0 Å². The van der Waals surface area contributed by atoms with Gasteiger partial charge in [0.2, 0.25) is 0 Å². The molecule has 0 saturated heterocycles. The maximum Gasteiger partial charge on any atom is 0.124 e. The maximum atomic E-state index is 10.1. The van der Waals surface area contributed by atoms with Crippen LogP contribution in [0.15, 0.2) is 81.9 Å². The quantitative estimate of drug-likeness (QED) is 0.237. The van der Waals surface area contributed by atoms with Gasteiger partial charge in [-0.3, -0.25) is 0 Å². The van der Waals surface area contributed by atoms with Gasteiger partial charge in [-0.05, 0) is 30.3 Å². The van der Waals surface area contributed by atoms with Crippen molar-refractivity contribution in [2.24, 2.45) is 10.2 Å². The van der Waals surface area contributed by atoms with Crippen molar-refractivity contribution in [1.82, 2.24) is 0 Å². The minimum Gasteiger partial charge on any atom is -0.507 e. The maximum absolute atomic E-state index is 10.1. The van der Waals surface area contributed by atoms with Crippen LogP contribution in [-0.4, -0.2) is 5.11 Å². The topological polar surface area (TPSA) is 71.0 Å². The zero-order chi connectivity index (χ0) is 17.4. The molecule has 0 saturated carbocycles. The minimum absolute atomic E-state index is 0.178. The summed E-state index contributed by atoms with van der Waals surface area (Å²) in [6.45, 7) is 0. The summed E-state index contributed by atoms with van der Waals surface area (Å²) in [5.74, 6) is 0.178. The first-order chi connectivity index (χ1) is 12.1. The SMILES string of the molecule is Nc1ccc(N=Nc2ccc(O)c3c(S)cccc23)c2ccccc12. The van der Waals surface area contributed by atoms with Crippen LogP contribution in [0.5, 0.6) is 5.75 Å². The second-order valence-corrected chi connectivity index (χ2v) is 6.20. The van der Waals surface area contributed by atoms with Crippen molar-refractivity contribution in [3.05, 3.63) is 66.7 Å². The molecule has 5 heteroatoms. The summed E-state index contributed by atoms with van der Waals surface area (Å²) in [6, 6.07) is 20.5. The summed E-state index contributed by atoms with van der Waals surface area (Å²) in [5.41, 5.74) is 8.16. The van der Waals surface area contributed by atoms with Gasteiger partial charge in [0.15, 0.2) is 0 Å². The molecular weight excluding hydrogens is 330 g/mol. The molecule has 0 fully saturated rings. The molecular formula is C20H15N3OS. The average Bonchev–Trinajstić information content (AvgIpc) is 2.63. The molecule has 25 heavy (non-hydrogen) atoms. The van der Waals surface area contributed by atoms with Gasteiger partial charge >= 0.3 is 0 Å². The molecule has 0 aliphatic carbocycles. The van der Waals surface area contributed by atoms with Gasteiger partial charge in [0.05, 0.1) is 11.4 Å². The summed E-state index contributed by atoms with van der Waals surface area (Å²) in [7, 11) is 0. The normalized spacial score (nSPS) is 11.6. The summed E-state index contributed by atoms with van der Waals surface area (Å²) in [4.78, 5) is 0.699. The van der Waals surface area contributed by atoms with Crippen LogP contribution < -0.4 is 5.73 Å². The van der Waals surface area contributed by atoms with Gasteiger partial charge in [0.1, 0.15) is 5.75 Å². The molecule has 0 aliphatic rings. The Balaban J connectivity index is 1.87. The molecule has 4 rings (SSSR count). The number of phenolic OH excluding ortho intramolecular Hbond substituents is 1. The number of rotatable bonds is 2. The molecule has 0 aromatic heterocycles. The number of thiol groups is 1. The van der Waals surface area contributed by atoms with E-state index in [4.69, 9.17) is 5.73 Å². The Labute approximate surface area is 150 Å². The van der Waals surface area contributed by atoms with E-state index in [-0.39, 0.29) is 5.75 Å². The summed E-state index contributed by atoms with van der Waals surface area (Å²) < 4.78 is 0. The number of anilines is 1. The Morgan fingerprint density at radius 1 is 0.720 bits per heavy atom. The van der Waals surface area contributed by atoms with Crippen molar-refractivity contribution in [2.45, 2.75) is 4.90 Å². The van der Waals surface area contributed by atoms with Crippen molar-refractivity contribution in [3.8, 4) is 5.75 Å². The van der Waals surface area contributed by atoms with E-state index in [1.54, 1.807) is 12.1 Å². The van der Waals surface area contributed by atoms with Gasteiger partial charge in [-0.25, -0.2) is 0 Å². The number of fused-ring (bicyclic) bond motifs is 2. The van der Waals surface area contributed by atoms with Crippen molar-refractivity contribution in [2.75, 3.05) is 5.73 Å². The highest BCUT2D eigenvalue weighted by atomic mass is 32.1. The molecule has 4 aromatic rings. The lowest BCUT2D eigenvalue weighted by Gasteiger charge is -2.07. The minimum atomic E-state index is 0.178. The first-order valence-corrected chi connectivity index (χ1v) is 8.22. The molecule has 0 aliphatic heterocycles. The number of nitrogens with two attached hydrogens (primary N) is 1. The van der Waals surface area contributed by atoms with Crippen LogP contribution >= 0.6 is 12.6 Å². The van der Waals surface area contributed by atoms with Crippen LogP contribution in [0, 0.1) is 0 Å². The number of azo groups is 1. The molecule has 122 valence electrons. The van der Waals surface area contributed by atoms with E-state index in [2.05, 4.69) is 22.9 Å². The fraction of sp³-hybridized carbons (Fsp3) is 0. The van der Waals surface area contributed by atoms with Crippen molar-refractivity contribution in [1.29, 1.82) is 0 Å². The number of hydrogen-bond donors (Lipinski definition) is 3. The molecule has 0 radical (unpaired) electrons. The van der Waals surface area contributed by atoms with E-state index in [0.717, 1.165) is 21.8 Å². The highest BCUT2D eigenvalue weighted by Crippen LogP contribution is 2.38. The van der Waals surface area contributed by atoms with E-state index >= 15 is 0 Å². The predicted molar refractivity (Wildman–Crippen MR) is 105 cm³/mol. The molecule has 0 bridgehead atoms. The van der Waals surface area contributed by atoms with E-state index in [9.17, 15) is 5.11 Å². The van der Waals surface area contributed by atoms with Crippen LogP contribution in [0.1, 0.15) is 0 Å². The molecule has 0 atom stereocenters. The van der Waals surface area contributed by atoms with E-state index < -0.39 is 0 Å². The Morgan fingerprint density at radius 3 is 2.16 bits per heavy atom. The third-order valence-electron chi connectivity index (χ3n) is 4.17. The van der Waals surface area contributed by atoms with E-state index in [0.29, 0.717) is 21.7 Å². The van der Waals surface area contributed by atoms with Gasteiger partial charge in [0.25, 0.3) is 0 Å². The summed E-state index contributed by atoms with van der Waals surface area (Å²) in [6.07, 6.45) is 0. The number of nitrogen functional groups attached to an aromatic ring is 1. The third-order valence-corrected chi connectivity index (χ3v) is 4.55. The number of hydrogen-bond acceptors (Lipinski definition) is 5. The highest BCUT2D eigenvalue weighted by Gasteiger charge is 2.08. The average molecular weight is 345 g/mol. The molecule has 0 heterocycles. The van der Waals surface area contributed by atoms with Crippen molar-refractivity contribution in [3.63, 3.8) is 0 Å². The number of phenols is 1. The molecule has 0 amide bonds. The molecule has 4 aromatic carbocycles.